The van der Waals surface area contributed by atoms with E-state index in [2.05, 4.69) is 9.97 Å². The standard InChI is InChI=1S/C11H7ClN4O4/c1-6-10(16(19)20)9(14-11(12)13-6)7-3-2-4-8(5-7)15(17)18/h2-5H,1H3. The Morgan fingerprint density at radius 1 is 1.15 bits per heavy atom. The van der Waals surface area contributed by atoms with Crippen molar-refractivity contribution < 1.29 is 9.85 Å². The van der Waals surface area contributed by atoms with Crippen LogP contribution in [0.3, 0.4) is 0 Å². The maximum Gasteiger partial charge on any atom is 0.316 e. The number of nitro benzene ring substituents is 1. The summed E-state index contributed by atoms with van der Waals surface area (Å²) >= 11 is 5.70. The van der Waals surface area contributed by atoms with E-state index >= 15 is 0 Å². The first-order valence-electron chi connectivity index (χ1n) is 5.33. The molecule has 1 heterocycles. The Morgan fingerprint density at radius 2 is 1.85 bits per heavy atom. The highest BCUT2D eigenvalue weighted by molar-refractivity contribution is 6.28. The monoisotopic (exact) mass is 294 g/mol. The summed E-state index contributed by atoms with van der Waals surface area (Å²) in [5.41, 5.74) is -0.231. The first-order chi connectivity index (χ1) is 9.40. The number of hydrogen-bond donors (Lipinski definition) is 0. The van der Waals surface area contributed by atoms with Gasteiger partial charge in [0.15, 0.2) is 5.69 Å². The predicted molar refractivity (Wildman–Crippen MR) is 70.5 cm³/mol. The van der Waals surface area contributed by atoms with E-state index in [-0.39, 0.29) is 33.6 Å². The van der Waals surface area contributed by atoms with Gasteiger partial charge in [-0.1, -0.05) is 12.1 Å². The highest BCUT2D eigenvalue weighted by Crippen LogP contribution is 2.32. The van der Waals surface area contributed by atoms with E-state index in [1.807, 2.05) is 0 Å². The van der Waals surface area contributed by atoms with Crippen LogP contribution >= 0.6 is 11.6 Å². The number of nitro groups is 2. The lowest BCUT2D eigenvalue weighted by molar-refractivity contribution is -0.385. The van der Waals surface area contributed by atoms with E-state index in [9.17, 15) is 20.2 Å². The molecule has 0 spiro atoms. The molecule has 0 unspecified atom stereocenters. The summed E-state index contributed by atoms with van der Waals surface area (Å²) in [6.07, 6.45) is 0. The van der Waals surface area contributed by atoms with Gasteiger partial charge in [0.1, 0.15) is 5.69 Å². The van der Waals surface area contributed by atoms with Crippen LogP contribution in [-0.4, -0.2) is 19.8 Å². The molecule has 8 nitrogen and oxygen atoms in total. The van der Waals surface area contributed by atoms with Crippen molar-refractivity contribution in [3.05, 3.63) is 55.5 Å². The molecule has 0 aliphatic rings. The third kappa shape index (κ3) is 2.54. The van der Waals surface area contributed by atoms with E-state index in [4.69, 9.17) is 11.6 Å². The lowest BCUT2D eigenvalue weighted by Gasteiger charge is -2.05. The van der Waals surface area contributed by atoms with Crippen molar-refractivity contribution in [3.8, 4) is 11.3 Å². The lowest BCUT2D eigenvalue weighted by Crippen LogP contribution is -2.01. The number of benzene rings is 1. The zero-order valence-corrected chi connectivity index (χ0v) is 10.9. The average Bonchev–Trinajstić information content (AvgIpc) is 2.37. The van der Waals surface area contributed by atoms with Crippen LogP contribution in [0.25, 0.3) is 11.3 Å². The molecule has 9 heteroatoms. The van der Waals surface area contributed by atoms with Gasteiger partial charge in [-0.25, -0.2) is 9.97 Å². The fourth-order valence-electron chi connectivity index (χ4n) is 1.72. The molecule has 0 amide bonds. The lowest BCUT2D eigenvalue weighted by atomic mass is 10.1. The molecule has 0 fully saturated rings. The van der Waals surface area contributed by atoms with Crippen molar-refractivity contribution in [1.29, 1.82) is 0 Å². The van der Waals surface area contributed by atoms with Crippen LogP contribution in [0.5, 0.6) is 0 Å². The highest BCUT2D eigenvalue weighted by atomic mass is 35.5. The van der Waals surface area contributed by atoms with Crippen LogP contribution in [0.2, 0.25) is 5.28 Å². The number of nitrogens with zero attached hydrogens (tertiary/aromatic N) is 4. The molecule has 0 aliphatic heterocycles. The van der Waals surface area contributed by atoms with E-state index in [0.717, 1.165) is 0 Å². The minimum Gasteiger partial charge on any atom is -0.258 e. The predicted octanol–water partition coefficient (Wildman–Crippen LogP) is 2.92. The molecular weight excluding hydrogens is 288 g/mol. The SMILES string of the molecule is Cc1nc(Cl)nc(-c2cccc([N+](=O)[O-])c2)c1[N+](=O)[O-]. The van der Waals surface area contributed by atoms with Crippen molar-refractivity contribution >= 4 is 23.0 Å². The van der Waals surface area contributed by atoms with Gasteiger partial charge in [0, 0.05) is 17.7 Å². The normalized spacial score (nSPS) is 10.3. The van der Waals surface area contributed by atoms with E-state index in [1.165, 1.54) is 31.2 Å². The second-order valence-corrected chi connectivity index (χ2v) is 4.18. The quantitative estimate of drug-likeness (QED) is 0.488. The summed E-state index contributed by atoms with van der Waals surface area (Å²) in [6.45, 7) is 1.42. The molecule has 0 saturated carbocycles. The summed E-state index contributed by atoms with van der Waals surface area (Å²) in [4.78, 5) is 28.1. The summed E-state index contributed by atoms with van der Waals surface area (Å²) < 4.78 is 0. The number of non-ortho nitro benzene ring substituents is 1. The van der Waals surface area contributed by atoms with Gasteiger partial charge in [0.25, 0.3) is 5.69 Å². The molecular formula is C11H7ClN4O4. The van der Waals surface area contributed by atoms with Gasteiger partial charge in [-0.15, -0.1) is 0 Å². The van der Waals surface area contributed by atoms with Crippen molar-refractivity contribution in [2.45, 2.75) is 6.92 Å². The van der Waals surface area contributed by atoms with Crippen LogP contribution in [-0.2, 0) is 0 Å². The van der Waals surface area contributed by atoms with Crippen LogP contribution in [0.15, 0.2) is 24.3 Å². The zero-order chi connectivity index (χ0) is 14.9. The Labute approximate surface area is 117 Å². The molecule has 0 radical (unpaired) electrons. The Hall–Kier alpha value is -2.61. The van der Waals surface area contributed by atoms with E-state index in [0.29, 0.717) is 0 Å². The molecule has 0 atom stereocenters. The molecule has 2 aromatic rings. The van der Waals surface area contributed by atoms with E-state index < -0.39 is 9.85 Å². The molecule has 0 N–H and O–H groups in total. The van der Waals surface area contributed by atoms with Gasteiger partial charge in [0.05, 0.1) is 9.85 Å². The number of halogens is 1. The van der Waals surface area contributed by atoms with Crippen molar-refractivity contribution in [2.75, 3.05) is 0 Å². The summed E-state index contributed by atoms with van der Waals surface area (Å²) in [6, 6.07) is 5.39. The molecule has 0 aliphatic carbocycles. The third-order valence-corrected chi connectivity index (χ3v) is 2.71. The van der Waals surface area contributed by atoms with Crippen LogP contribution in [0.4, 0.5) is 11.4 Å². The van der Waals surface area contributed by atoms with Crippen molar-refractivity contribution in [3.63, 3.8) is 0 Å². The molecule has 20 heavy (non-hydrogen) atoms. The molecule has 1 aromatic heterocycles. The van der Waals surface area contributed by atoms with Crippen molar-refractivity contribution in [1.82, 2.24) is 9.97 Å². The summed E-state index contributed by atoms with van der Waals surface area (Å²) in [5.74, 6) is 0. The minimum absolute atomic E-state index is 0.0452. The second kappa shape index (κ2) is 5.17. The second-order valence-electron chi connectivity index (χ2n) is 3.84. The van der Waals surface area contributed by atoms with Gasteiger partial charge in [-0.3, -0.25) is 20.2 Å². The Bertz CT molecular complexity index is 720. The molecule has 0 bridgehead atoms. The van der Waals surface area contributed by atoms with Crippen LogP contribution in [0.1, 0.15) is 5.69 Å². The van der Waals surface area contributed by atoms with Gasteiger partial charge in [0.2, 0.25) is 5.28 Å². The highest BCUT2D eigenvalue weighted by Gasteiger charge is 2.23. The van der Waals surface area contributed by atoms with Gasteiger partial charge >= 0.3 is 5.69 Å². The topological polar surface area (TPSA) is 112 Å². The average molecular weight is 295 g/mol. The smallest absolute Gasteiger partial charge is 0.258 e. The van der Waals surface area contributed by atoms with E-state index in [1.54, 1.807) is 0 Å². The number of aryl methyl sites for hydroxylation is 1. The number of rotatable bonds is 3. The Balaban J connectivity index is 2.71. The third-order valence-electron chi connectivity index (χ3n) is 2.54. The minimum atomic E-state index is -0.639. The zero-order valence-electron chi connectivity index (χ0n) is 10.1. The first-order valence-corrected chi connectivity index (χ1v) is 5.71. The maximum absolute atomic E-state index is 11.1. The fourth-order valence-corrected chi connectivity index (χ4v) is 1.93. The fraction of sp³-hybridized carbons (Fsp3) is 0.0909. The Kier molecular flexibility index (Phi) is 3.57. The first kappa shape index (κ1) is 13.8. The summed E-state index contributed by atoms with van der Waals surface area (Å²) in [5, 5.41) is 21.7. The largest absolute Gasteiger partial charge is 0.316 e. The number of aromatic nitrogens is 2. The van der Waals surface area contributed by atoms with Crippen molar-refractivity contribution in [2.24, 2.45) is 0 Å². The maximum atomic E-state index is 11.1. The molecule has 1 aromatic carbocycles. The molecule has 102 valence electrons. The van der Waals surface area contributed by atoms with Crippen LogP contribution < -0.4 is 0 Å². The van der Waals surface area contributed by atoms with Gasteiger partial charge in [-0.2, -0.15) is 0 Å². The van der Waals surface area contributed by atoms with Gasteiger partial charge in [-0.05, 0) is 18.5 Å². The molecule has 0 saturated heterocycles. The van der Waals surface area contributed by atoms with Crippen LogP contribution in [0, 0.1) is 27.2 Å². The Morgan fingerprint density at radius 3 is 2.45 bits per heavy atom. The summed E-state index contributed by atoms with van der Waals surface area (Å²) in [7, 11) is 0. The van der Waals surface area contributed by atoms with Gasteiger partial charge < -0.3 is 0 Å². The number of hydrogen-bond acceptors (Lipinski definition) is 6. The molecule has 2 rings (SSSR count).